The van der Waals surface area contributed by atoms with Crippen LogP contribution in [0.15, 0.2) is 10.8 Å². The Hall–Kier alpha value is -0.340. The fourth-order valence-corrected chi connectivity index (χ4v) is 2.49. The molecule has 1 nitrogen and oxygen atoms in total. The Morgan fingerprint density at radius 1 is 1.50 bits per heavy atom. The third-order valence-corrected chi connectivity index (χ3v) is 2.95. The van der Waals surface area contributed by atoms with E-state index in [9.17, 15) is 0 Å². The minimum atomic E-state index is 0.329. The molecule has 0 spiro atoms. The van der Waals surface area contributed by atoms with Crippen molar-refractivity contribution < 1.29 is 0 Å². The zero-order chi connectivity index (χ0) is 6.97. The summed E-state index contributed by atoms with van der Waals surface area (Å²) in [4.78, 5) is 0. The Kier molecular flexibility index (Phi) is 1.51. The zero-order valence-corrected chi connectivity index (χ0v) is 6.66. The van der Waals surface area contributed by atoms with E-state index in [1.54, 1.807) is 11.3 Å². The van der Waals surface area contributed by atoms with E-state index in [2.05, 4.69) is 10.8 Å². The van der Waals surface area contributed by atoms with Crippen molar-refractivity contribution in [3.63, 3.8) is 0 Å². The summed E-state index contributed by atoms with van der Waals surface area (Å²) < 4.78 is 0. The van der Waals surface area contributed by atoms with Gasteiger partial charge in [0, 0.05) is 6.04 Å². The molecule has 0 amide bonds. The van der Waals surface area contributed by atoms with Crippen LogP contribution < -0.4 is 5.73 Å². The van der Waals surface area contributed by atoms with Crippen LogP contribution >= 0.6 is 11.3 Å². The van der Waals surface area contributed by atoms with E-state index < -0.39 is 0 Å². The van der Waals surface area contributed by atoms with E-state index in [-0.39, 0.29) is 0 Å². The Balaban J connectivity index is 2.41. The van der Waals surface area contributed by atoms with E-state index in [4.69, 9.17) is 5.73 Å². The lowest BCUT2D eigenvalue weighted by Gasteiger charge is -2.17. The quantitative estimate of drug-likeness (QED) is 0.606. The molecule has 0 radical (unpaired) electrons. The predicted octanol–water partition coefficient (Wildman–Crippen LogP) is 2.08. The standard InChI is InChI=1S/C8H11NS/c9-8-3-1-2-6-4-10-5-7(6)8/h4-5,8H,1-3,9H2. The lowest BCUT2D eigenvalue weighted by atomic mass is 9.92. The number of fused-ring (bicyclic) bond motifs is 1. The van der Waals surface area contributed by atoms with Crippen LogP contribution in [0.25, 0.3) is 0 Å². The Labute approximate surface area is 64.9 Å². The molecule has 1 heterocycles. The van der Waals surface area contributed by atoms with Crippen molar-refractivity contribution in [2.75, 3.05) is 0 Å². The molecule has 1 unspecified atom stereocenters. The van der Waals surface area contributed by atoms with Crippen LogP contribution in [0.4, 0.5) is 0 Å². The van der Waals surface area contributed by atoms with E-state index in [0.29, 0.717) is 6.04 Å². The highest BCUT2D eigenvalue weighted by Crippen LogP contribution is 2.30. The fraction of sp³-hybridized carbons (Fsp3) is 0.500. The van der Waals surface area contributed by atoms with Gasteiger partial charge in [0.1, 0.15) is 0 Å². The van der Waals surface area contributed by atoms with E-state index in [1.165, 1.54) is 30.4 Å². The van der Waals surface area contributed by atoms with Crippen LogP contribution in [-0.4, -0.2) is 0 Å². The smallest absolute Gasteiger partial charge is 0.0305 e. The molecule has 54 valence electrons. The van der Waals surface area contributed by atoms with Gasteiger partial charge in [-0.1, -0.05) is 0 Å². The van der Waals surface area contributed by atoms with Crippen molar-refractivity contribution in [3.05, 3.63) is 21.9 Å². The molecule has 10 heavy (non-hydrogen) atoms. The van der Waals surface area contributed by atoms with Crippen LogP contribution in [0.3, 0.4) is 0 Å². The molecule has 0 fully saturated rings. The highest BCUT2D eigenvalue weighted by Gasteiger charge is 2.16. The topological polar surface area (TPSA) is 26.0 Å². The first-order valence-electron chi connectivity index (χ1n) is 3.68. The van der Waals surface area contributed by atoms with Crippen molar-refractivity contribution >= 4 is 11.3 Å². The van der Waals surface area contributed by atoms with Gasteiger partial charge in [-0.25, -0.2) is 0 Å². The van der Waals surface area contributed by atoms with Crippen molar-refractivity contribution in [2.45, 2.75) is 25.3 Å². The molecule has 2 rings (SSSR count). The maximum Gasteiger partial charge on any atom is 0.0305 e. The maximum absolute atomic E-state index is 5.90. The summed E-state index contributed by atoms with van der Waals surface area (Å²) in [5.41, 5.74) is 8.79. The number of nitrogens with two attached hydrogens (primary N) is 1. The second kappa shape index (κ2) is 2.36. The van der Waals surface area contributed by atoms with Gasteiger partial charge in [0.25, 0.3) is 0 Å². The highest BCUT2D eigenvalue weighted by atomic mass is 32.1. The fourth-order valence-electron chi connectivity index (χ4n) is 1.53. The third kappa shape index (κ3) is 0.879. The van der Waals surface area contributed by atoms with Gasteiger partial charge in [0.15, 0.2) is 0 Å². The average molecular weight is 153 g/mol. The molecule has 1 atom stereocenters. The zero-order valence-electron chi connectivity index (χ0n) is 5.84. The van der Waals surface area contributed by atoms with E-state index in [0.717, 1.165) is 0 Å². The number of thiophene rings is 1. The second-order valence-electron chi connectivity index (χ2n) is 2.85. The first-order chi connectivity index (χ1) is 4.88. The van der Waals surface area contributed by atoms with Crippen LogP contribution in [0, 0.1) is 0 Å². The molecule has 1 aliphatic carbocycles. The summed E-state index contributed by atoms with van der Waals surface area (Å²) >= 11 is 1.78. The first-order valence-corrected chi connectivity index (χ1v) is 4.63. The summed E-state index contributed by atoms with van der Waals surface area (Å²) in [6, 6.07) is 0.329. The van der Waals surface area contributed by atoms with Gasteiger partial charge in [-0.15, -0.1) is 0 Å². The van der Waals surface area contributed by atoms with Gasteiger partial charge in [-0.3, -0.25) is 0 Å². The van der Waals surface area contributed by atoms with Crippen LogP contribution in [0.2, 0.25) is 0 Å². The van der Waals surface area contributed by atoms with E-state index in [1.807, 2.05) is 0 Å². The van der Waals surface area contributed by atoms with Gasteiger partial charge in [0.2, 0.25) is 0 Å². The van der Waals surface area contributed by atoms with Gasteiger partial charge in [-0.2, -0.15) is 11.3 Å². The van der Waals surface area contributed by atoms with Gasteiger partial charge < -0.3 is 5.73 Å². The van der Waals surface area contributed by atoms with E-state index >= 15 is 0 Å². The molecule has 0 bridgehead atoms. The Morgan fingerprint density at radius 3 is 3.20 bits per heavy atom. The van der Waals surface area contributed by atoms with Crippen LogP contribution in [0.5, 0.6) is 0 Å². The van der Waals surface area contributed by atoms with Crippen LogP contribution in [-0.2, 0) is 6.42 Å². The van der Waals surface area contributed by atoms with Crippen molar-refractivity contribution in [1.82, 2.24) is 0 Å². The number of hydrogen-bond donors (Lipinski definition) is 1. The minimum Gasteiger partial charge on any atom is -0.324 e. The summed E-state index contributed by atoms with van der Waals surface area (Å²) in [6.07, 6.45) is 3.68. The molecule has 0 saturated carbocycles. The summed E-state index contributed by atoms with van der Waals surface area (Å²) in [5.74, 6) is 0. The molecule has 0 saturated heterocycles. The number of hydrogen-bond acceptors (Lipinski definition) is 2. The summed E-state index contributed by atoms with van der Waals surface area (Å²) in [5, 5.41) is 4.42. The second-order valence-corrected chi connectivity index (χ2v) is 3.59. The monoisotopic (exact) mass is 153 g/mol. The first kappa shape index (κ1) is 6.38. The molecule has 1 aliphatic rings. The number of rotatable bonds is 0. The highest BCUT2D eigenvalue weighted by molar-refractivity contribution is 7.08. The molecule has 1 aromatic rings. The molecule has 0 aromatic carbocycles. The van der Waals surface area contributed by atoms with Crippen molar-refractivity contribution in [1.29, 1.82) is 0 Å². The Bertz CT molecular complexity index is 229. The summed E-state index contributed by atoms with van der Waals surface area (Å²) in [7, 11) is 0. The third-order valence-electron chi connectivity index (χ3n) is 2.14. The predicted molar refractivity (Wildman–Crippen MR) is 44.2 cm³/mol. The molecular weight excluding hydrogens is 142 g/mol. The number of aryl methyl sites for hydroxylation is 1. The SMILES string of the molecule is NC1CCCc2cscc21. The molecule has 2 heteroatoms. The lowest BCUT2D eigenvalue weighted by molar-refractivity contribution is 0.574. The normalized spacial score (nSPS) is 24.3. The van der Waals surface area contributed by atoms with Crippen molar-refractivity contribution in [3.8, 4) is 0 Å². The Morgan fingerprint density at radius 2 is 2.40 bits per heavy atom. The average Bonchev–Trinajstić information content (AvgIpc) is 2.36. The summed E-state index contributed by atoms with van der Waals surface area (Å²) in [6.45, 7) is 0. The van der Waals surface area contributed by atoms with Gasteiger partial charge >= 0.3 is 0 Å². The minimum absolute atomic E-state index is 0.329. The largest absolute Gasteiger partial charge is 0.324 e. The van der Waals surface area contributed by atoms with Crippen LogP contribution in [0.1, 0.15) is 30.0 Å². The molecule has 1 aromatic heterocycles. The molecule has 0 aliphatic heterocycles. The van der Waals surface area contributed by atoms with Crippen molar-refractivity contribution in [2.24, 2.45) is 5.73 Å². The lowest BCUT2D eigenvalue weighted by Crippen LogP contribution is -2.15. The van der Waals surface area contributed by atoms with Gasteiger partial charge in [0.05, 0.1) is 0 Å². The maximum atomic E-state index is 5.90. The van der Waals surface area contributed by atoms with Gasteiger partial charge in [-0.05, 0) is 41.1 Å². The molecule has 2 N–H and O–H groups in total. The molecular formula is C8H11NS.